The molecule has 3 rings (SSSR count). The summed E-state index contributed by atoms with van der Waals surface area (Å²) < 4.78 is 0. The number of hydrogen-bond acceptors (Lipinski definition) is 4. The van der Waals surface area contributed by atoms with Crippen molar-refractivity contribution in [3.63, 3.8) is 0 Å². The summed E-state index contributed by atoms with van der Waals surface area (Å²) in [6.07, 6.45) is 1.40. The molecule has 0 spiro atoms. The van der Waals surface area contributed by atoms with Gasteiger partial charge in [-0.05, 0) is 43.2 Å². The van der Waals surface area contributed by atoms with E-state index in [4.69, 9.17) is 0 Å². The smallest absolute Gasteiger partial charge is 0.293 e. The fourth-order valence-electron chi connectivity index (χ4n) is 3.70. The van der Waals surface area contributed by atoms with Gasteiger partial charge in [-0.2, -0.15) is 0 Å². The van der Waals surface area contributed by atoms with Gasteiger partial charge >= 0.3 is 0 Å². The molecule has 1 aliphatic heterocycles. The molecule has 0 bridgehead atoms. The molecule has 0 aromatic heterocycles. The highest BCUT2D eigenvalue weighted by Crippen LogP contribution is 2.27. The highest BCUT2D eigenvalue weighted by atomic mass is 16.6. The molecule has 0 unspecified atom stereocenters. The summed E-state index contributed by atoms with van der Waals surface area (Å²) in [6.45, 7) is 5.28. The van der Waals surface area contributed by atoms with Crippen LogP contribution in [0.15, 0.2) is 42.5 Å². The number of piperidine rings is 1. The molecule has 30 heavy (non-hydrogen) atoms. The van der Waals surface area contributed by atoms with Gasteiger partial charge in [0.1, 0.15) is 5.69 Å². The third-order valence-electron chi connectivity index (χ3n) is 5.60. The topological polar surface area (TPSA) is 106 Å². The van der Waals surface area contributed by atoms with E-state index in [2.05, 4.69) is 10.6 Å². The Hall–Kier alpha value is -3.26. The number of likely N-dealkylation sites (tertiary alicyclic amines) is 1. The minimum atomic E-state index is -0.480. The van der Waals surface area contributed by atoms with E-state index in [0.29, 0.717) is 25.9 Å². The van der Waals surface area contributed by atoms with Gasteiger partial charge < -0.3 is 15.5 Å². The van der Waals surface area contributed by atoms with Gasteiger partial charge in [-0.25, -0.2) is 0 Å². The number of nitro benzene ring substituents is 1. The Labute approximate surface area is 175 Å². The number of para-hydroxylation sites is 1. The van der Waals surface area contributed by atoms with Gasteiger partial charge in [0.2, 0.25) is 5.91 Å². The van der Waals surface area contributed by atoms with Crippen LogP contribution in [-0.2, 0) is 9.59 Å². The molecule has 0 aliphatic carbocycles. The van der Waals surface area contributed by atoms with Gasteiger partial charge in [-0.3, -0.25) is 19.7 Å². The first-order chi connectivity index (χ1) is 14.3. The van der Waals surface area contributed by atoms with Gasteiger partial charge in [-0.15, -0.1) is 0 Å². The lowest BCUT2D eigenvalue weighted by molar-refractivity contribution is -0.897. The van der Waals surface area contributed by atoms with Crippen molar-refractivity contribution in [2.45, 2.75) is 26.7 Å². The number of carbonyl (C=O) groups is 2. The van der Waals surface area contributed by atoms with Crippen LogP contribution in [0, 0.1) is 29.9 Å². The molecule has 0 saturated carbocycles. The maximum absolute atomic E-state index is 12.5. The fourth-order valence-corrected chi connectivity index (χ4v) is 3.70. The summed E-state index contributed by atoms with van der Waals surface area (Å²) >= 11 is 0. The molecule has 158 valence electrons. The van der Waals surface area contributed by atoms with Crippen LogP contribution >= 0.6 is 0 Å². The Morgan fingerprint density at radius 2 is 1.70 bits per heavy atom. The number of nitrogens with zero attached hydrogens (tertiary/aromatic N) is 1. The predicted molar refractivity (Wildman–Crippen MR) is 115 cm³/mol. The van der Waals surface area contributed by atoms with E-state index in [1.807, 2.05) is 37.3 Å². The third-order valence-corrected chi connectivity index (χ3v) is 5.60. The molecule has 1 fully saturated rings. The Morgan fingerprint density at radius 3 is 2.33 bits per heavy atom. The second-order valence-corrected chi connectivity index (χ2v) is 7.82. The van der Waals surface area contributed by atoms with Gasteiger partial charge in [0.05, 0.1) is 18.0 Å². The highest BCUT2D eigenvalue weighted by molar-refractivity contribution is 5.94. The first-order valence-corrected chi connectivity index (χ1v) is 10.1. The number of amides is 2. The van der Waals surface area contributed by atoms with Crippen molar-refractivity contribution in [1.82, 2.24) is 0 Å². The SMILES string of the molecule is Cc1cc(NC(=O)C[NH+]2CCC(C(=O)Nc3ccccc3)CC2)c([N+](=O)[O-])cc1C. The first-order valence-electron chi connectivity index (χ1n) is 10.1. The van der Waals surface area contributed by atoms with Crippen molar-refractivity contribution in [2.24, 2.45) is 5.92 Å². The summed E-state index contributed by atoms with van der Waals surface area (Å²) in [5.74, 6) is -0.322. The summed E-state index contributed by atoms with van der Waals surface area (Å²) in [4.78, 5) is 36.8. The Kier molecular flexibility index (Phi) is 6.79. The molecule has 8 nitrogen and oxygen atoms in total. The van der Waals surface area contributed by atoms with E-state index < -0.39 is 4.92 Å². The van der Waals surface area contributed by atoms with Gasteiger partial charge in [0, 0.05) is 30.5 Å². The second kappa shape index (κ2) is 9.49. The zero-order valence-electron chi connectivity index (χ0n) is 17.2. The maximum atomic E-state index is 12.5. The Balaban J connectivity index is 1.52. The Bertz CT molecular complexity index is 938. The average Bonchev–Trinajstić information content (AvgIpc) is 2.71. The molecule has 0 atom stereocenters. The highest BCUT2D eigenvalue weighted by Gasteiger charge is 2.29. The van der Waals surface area contributed by atoms with Crippen molar-refractivity contribution >= 4 is 28.9 Å². The fraction of sp³-hybridized carbons (Fsp3) is 0.364. The number of aryl methyl sites for hydroxylation is 2. The van der Waals surface area contributed by atoms with E-state index in [9.17, 15) is 19.7 Å². The Morgan fingerprint density at radius 1 is 1.07 bits per heavy atom. The summed E-state index contributed by atoms with van der Waals surface area (Å²) in [7, 11) is 0. The van der Waals surface area contributed by atoms with Crippen molar-refractivity contribution in [3.05, 3.63) is 63.7 Å². The molecule has 2 aromatic carbocycles. The van der Waals surface area contributed by atoms with E-state index in [0.717, 1.165) is 21.7 Å². The van der Waals surface area contributed by atoms with Gasteiger partial charge in [0.15, 0.2) is 6.54 Å². The average molecular weight is 411 g/mol. The normalized spacial score (nSPS) is 18.5. The van der Waals surface area contributed by atoms with Crippen molar-refractivity contribution in [3.8, 4) is 0 Å². The van der Waals surface area contributed by atoms with E-state index in [1.165, 1.54) is 6.07 Å². The number of carbonyl (C=O) groups excluding carboxylic acids is 2. The molecule has 1 heterocycles. The van der Waals surface area contributed by atoms with Crippen LogP contribution in [0.2, 0.25) is 0 Å². The minimum Gasteiger partial charge on any atom is -0.327 e. The van der Waals surface area contributed by atoms with Crippen LogP contribution in [0.1, 0.15) is 24.0 Å². The van der Waals surface area contributed by atoms with Crippen molar-refractivity contribution < 1.29 is 19.4 Å². The van der Waals surface area contributed by atoms with Crippen LogP contribution in [0.4, 0.5) is 17.1 Å². The number of anilines is 2. The van der Waals surface area contributed by atoms with Crippen molar-refractivity contribution in [1.29, 1.82) is 0 Å². The van der Waals surface area contributed by atoms with Gasteiger partial charge in [-0.1, -0.05) is 18.2 Å². The monoisotopic (exact) mass is 411 g/mol. The molecule has 2 aromatic rings. The minimum absolute atomic E-state index is 0.00968. The second-order valence-electron chi connectivity index (χ2n) is 7.82. The lowest BCUT2D eigenvalue weighted by Gasteiger charge is -2.28. The van der Waals surface area contributed by atoms with E-state index >= 15 is 0 Å². The molecule has 0 radical (unpaired) electrons. The number of nitro groups is 1. The number of hydrogen-bond donors (Lipinski definition) is 3. The standard InChI is InChI=1S/C22H26N4O4/c1-15-12-19(20(26(29)30)13-16(15)2)24-21(27)14-25-10-8-17(9-11-25)22(28)23-18-6-4-3-5-7-18/h3-7,12-13,17H,8-11,14H2,1-2H3,(H,23,28)(H,24,27)/p+1. The van der Waals surface area contributed by atoms with Crippen LogP contribution in [-0.4, -0.2) is 36.4 Å². The van der Waals surface area contributed by atoms with Crippen molar-refractivity contribution in [2.75, 3.05) is 30.3 Å². The van der Waals surface area contributed by atoms with Crippen LogP contribution in [0.3, 0.4) is 0 Å². The number of nitrogens with one attached hydrogen (secondary N) is 3. The predicted octanol–water partition coefficient (Wildman–Crippen LogP) is 2.08. The molecule has 3 N–H and O–H groups in total. The number of benzene rings is 2. The number of rotatable bonds is 6. The molecule has 2 amide bonds. The summed E-state index contributed by atoms with van der Waals surface area (Å²) in [5.41, 5.74) is 2.60. The summed E-state index contributed by atoms with van der Waals surface area (Å²) in [6, 6.07) is 12.5. The molecule has 8 heteroatoms. The van der Waals surface area contributed by atoms with Crippen LogP contribution < -0.4 is 15.5 Å². The number of quaternary nitrogens is 1. The molecular formula is C22H27N4O4+. The largest absolute Gasteiger partial charge is 0.327 e. The summed E-state index contributed by atoms with van der Waals surface area (Å²) in [5, 5.41) is 16.9. The van der Waals surface area contributed by atoms with E-state index in [1.54, 1.807) is 13.0 Å². The zero-order valence-corrected chi connectivity index (χ0v) is 17.2. The van der Waals surface area contributed by atoms with Gasteiger partial charge in [0.25, 0.3) is 11.6 Å². The van der Waals surface area contributed by atoms with Crippen LogP contribution in [0.5, 0.6) is 0 Å². The lowest BCUT2D eigenvalue weighted by Crippen LogP contribution is -3.14. The first kappa shape index (κ1) is 21.4. The third kappa shape index (κ3) is 5.42. The molecular weight excluding hydrogens is 384 g/mol. The molecule has 1 aliphatic rings. The zero-order chi connectivity index (χ0) is 21.7. The quantitative estimate of drug-likeness (QED) is 0.500. The lowest BCUT2D eigenvalue weighted by atomic mass is 9.96. The molecule has 1 saturated heterocycles. The van der Waals surface area contributed by atoms with Crippen LogP contribution in [0.25, 0.3) is 0 Å². The van der Waals surface area contributed by atoms with E-state index in [-0.39, 0.29) is 35.7 Å². The maximum Gasteiger partial charge on any atom is 0.293 e.